The first-order valence-corrected chi connectivity index (χ1v) is 5.07. The van der Waals surface area contributed by atoms with Gasteiger partial charge in [0.2, 0.25) is 0 Å². The largest absolute Gasteiger partial charge is 0.371 e. The minimum atomic E-state index is -0.958. The lowest BCUT2D eigenvalue weighted by atomic mass is 10.1. The Balaban J connectivity index is 2.59. The number of carbonyl (C=O) groups is 1. The zero-order chi connectivity index (χ0) is 12.1. The van der Waals surface area contributed by atoms with Crippen LogP contribution in [-0.4, -0.2) is 18.5 Å². The highest BCUT2D eigenvalue weighted by Gasteiger charge is 2.12. The number of halogens is 2. The van der Waals surface area contributed by atoms with Crippen molar-refractivity contribution in [3.05, 3.63) is 35.4 Å². The SMILES string of the molecule is CC(C)OCC(=O)Cc1cccc(F)c1F. The summed E-state index contributed by atoms with van der Waals surface area (Å²) in [5.74, 6) is -2.16. The average Bonchev–Trinajstić information content (AvgIpc) is 2.22. The van der Waals surface area contributed by atoms with Crippen molar-refractivity contribution in [2.24, 2.45) is 0 Å². The molecule has 0 saturated carbocycles. The fourth-order valence-electron chi connectivity index (χ4n) is 1.21. The third-order valence-corrected chi connectivity index (χ3v) is 2.00. The van der Waals surface area contributed by atoms with Crippen LogP contribution >= 0.6 is 0 Å². The lowest BCUT2D eigenvalue weighted by Crippen LogP contribution is -2.16. The Morgan fingerprint density at radius 3 is 2.69 bits per heavy atom. The van der Waals surface area contributed by atoms with Gasteiger partial charge in [-0.1, -0.05) is 12.1 Å². The van der Waals surface area contributed by atoms with Crippen LogP contribution in [0.15, 0.2) is 18.2 Å². The summed E-state index contributed by atoms with van der Waals surface area (Å²) in [4.78, 5) is 11.4. The fourth-order valence-corrected chi connectivity index (χ4v) is 1.21. The Hall–Kier alpha value is -1.29. The standard InChI is InChI=1S/C12H14F2O2/c1-8(2)16-7-10(15)6-9-4-3-5-11(13)12(9)14/h3-5,8H,6-7H2,1-2H3. The van der Waals surface area contributed by atoms with Crippen LogP contribution in [-0.2, 0) is 16.0 Å². The van der Waals surface area contributed by atoms with Gasteiger partial charge in [-0.25, -0.2) is 8.78 Å². The van der Waals surface area contributed by atoms with E-state index in [-0.39, 0.29) is 30.5 Å². The van der Waals surface area contributed by atoms with E-state index >= 15 is 0 Å². The highest BCUT2D eigenvalue weighted by molar-refractivity contribution is 5.82. The molecule has 0 heterocycles. The summed E-state index contributed by atoms with van der Waals surface area (Å²) in [7, 11) is 0. The van der Waals surface area contributed by atoms with Crippen LogP contribution in [0.3, 0.4) is 0 Å². The van der Waals surface area contributed by atoms with E-state index in [4.69, 9.17) is 4.74 Å². The quantitative estimate of drug-likeness (QED) is 0.774. The van der Waals surface area contributed by atoms with Crippen LogP contribution in [0.25, 0.3) is 0 Å². The van der Waals surface area contributed by atoms with Gasteiger partial charge in [0.1, 0.15) is 6.61 Å². The summed E-state index contributed by atoms with van der Waals surface area (Å²) in [6.07, 6.45) is -0.197. The average molecular weight is 228 g/mol. The van der Waals surface area contributed by atoms with Gasteiger partial charge in [0.25, 0.3) is 0 Å². The highest BCUT2D eigenvalue weighted by Crippen LogP contribution is 2.12. The molecule has 0 spiro atoms. The molecule has 1 rings (SSSR count). The summed E-state index contributed by atoms with van der Waals surface area (Å²) in [5, 5.41) is 0. The third kappa shape index (κ3) is 3.70. The van der Waals surface area contributed by atoms with Gasteiger partial charge in [-0.05, 0) is 25.5 Å². The molecule has 16 heavy (non-hydrogen) atoms. The second kappa shape index (κ2) is 5.70. The number of carbonyl (C=O) groups excluding carboxylic acids is 1. The predicted octanol–water partition coefficient (Wildman–Crippen LogP) is 2.50. The number of benzene rings is 1. The Labute approximate surface area is 93.2 Å². The molecule has 0 atom stereocenters. The van der Waals surface area contributed by atoms with Gasteiger partial charge in [-0.3, -0.25) is 4.79 Å². The Morgan fingerprint density at radius 1 is 1.38 bits per heavy atom. The Bertz CT molecular complexity index is 375. The molecule has 0 unspecified atom stereocenters. The van der Waals surface area contributed by atoms with Crippen LogP contribution in [0.1, 0.15) is 19.4 Å². The Kier molecular flexibility index (Phi) is 4.55. The molecule has 0 aliphatic heterocycles. The van der Waals surface area contributed by atoms with Crippen molar-refractivity contribution in [2.75, 3.05) is 6.61 Å². The first-order chi connectivity index (χ1) is 7.50. The number of ketones is 1. The van der Waals surface area contributed by atoms with E-state index < -0.39 is 11.6 Å². The van der Waals surface area contributed by atoms with Crippen molar-refractivity contribution in [3.8, 4) is 0 Å². The van der Waals surface area contributed by atoms with E-state index in [9.17, 15) is 13.6 Å². The Morgan fingerprint density at radius 2 is 2.06 bits per heavy atom. The van der Waals surface area contributed by atoms with Crippen LogP contribution in [0.2, 0.25) is 0 Å². The number of hydrogen-bond acceptors (Lipinski definition) is 2. The van der Waals surface area contributed by atoms with Gasteiger partial charge >= 0.3 is 0 Å². The summed E-state index contributed by atoms with van der Waals surface area (Å²) in [5.41, 5.74) is 0.0670. The van der Waals surface area contributed by atoms with Gasteiger partial charge in [0.05, 0.1) is 6.10 Å². The summed E-state index contributed by atoms with van der Waals surface area (Å²) in [6, 6.07) is 3.80. The molecule has 0 fully saturated rings. The van der Waals surface area contributed by atoms with E-state index in [2.05, 4.69) is 0 Å². The zero-order valence-electron chi connectivity index (χ0n) is 9.30. The molecular formula is C12H14F2O2. The van der Waals surface area contributed by atoms with E-state index in [0.717, 1.165) is 6.07 Å². The first kappa shape index (κ1) is 12.8. The molecule has 0 N–H and O–H groups in total. The van der Waals surface area contributed by atoms with Crippen LogP contribution in [0.4, 0.5) is 8.78 Å². The van der Waals surface area contributed by atoms with Crippen LogP contribution in [0.5, 0.6) is 0 Å². The molecule has 0 bridgehead atoms. The minimum absolute atomic E-state index is 0.0543. The van der Waals surface area contributed by atoms with Gasteiger partial charge in [0, 0.05) is 6.42 Å². The number of hydrogen-bond donors (Lipinski definition) is 0. The smallest absolute Gasteiger partial charge is 0.162 e. The molecule has 88 valence electrons. The molecule has 0 radical (unpaired) electrons. The fraction of sp³-hybridized carbons (Fsp3) is 0.417. The van der Waals surface area contributed by atoms with Gasteiger partial charge in [-0.15, -0.1) is 0 Å². The molecule has 4 heteroatoms. The van der Waals surface area contributed by atoms with Crippen LogP contribution in [0, 0.1) is 11.6 Å². The van der Waals surface area contributed by atoms with Crippen molar-refractivity contribution in [3.63, 3.8) is 0 Å². The monoisotopic (exact) mass is 228 g/mol. The highest BCUT2D eigenvalue weighted by atomic mass is 19.2. The molecule has 1 aromatic rings. The van der Waals surface area contributed by atoms with Crippen molar-refractivity contribution >= 4 is 5.78 Å². The molecule has 0 aliphatic rings. The lowest BCUT2D eigenvalue weighted by molar-refractivity contribution is -0.124. The summed E-state index contributed by atoms with van der Waals surface area (Å²) in [6.45, 7) is 3.53. The molecule has 0 saturated heterocycles. The van der Waals surface area contributed by atoms with Gasteiger partial charge < -0.3 is 4.74 Å². The second-order valence-electron chi connectivity index (χ2n) is 3.79. The maximum absolute atomic E-state index is 13.2. The first-order valence-electron chi connectivity index (χ1n) is 5.07. The maximum Gasteiger partial charge on any atom is 0.162 e. The molecule has 0 amide bonds. The lowest BCUT2D eigenvalue weighted by Gasteiger charge is -2.07. The summed E-state index contributed by atoms with van der Waals surface area (Å²) < 4.78 is 31.1. The number of Topliss-reactive ketones (excluding diaryl/α,β-unsaturated/α-hetero) is 1. The van der Waals surface area contributed by atoms with Crippen molar-refractivity contribution in [1.82, 2.24) is 0 Å². The van der Waals surface area contributed by atoms with E-state index in [1.54, 1.807) is 13.8 Å². The third-order valence-electron chi connectivity index (χ3n) is 2.00. The number of rotatable bonds is 5. The molecule has 0 aliphatic carbocycles. The second-order valence-corrected chi connectivity index (χ2v) is 3.79. The predicted molar refractivity (Wildman–Crippen MR) is 56.2 cm³/mol. The zero-order valence-corrected chi connectivity index (χ0v) is 9.30. The van der Waals surface area contributed by atoms with E-state index in [0.29, 0.717) is 0 Å². The van der Waals surface area contributed by atoms with E-state index in [1.165, 1.54) is 12.1 Å². The summed E-state index contributed by atoms with van der Waals surface area (Å²) >= 11 is 0. The minimum Gasteiger partial charge on any atom is -0.371 e. The molecular weight excluding hydrogens is 214 g/mol. The normalized spacial score (nSPS) is 10.8. The van der Waals surface area contributed by atoms with Gasteiger partial charge in [0.15, 0.2) is 17.4 Å². The van der Waals surface area contributed by atoms with Gasteiger partial charge in [-0.2, -0.15) is 0 Å². The molecule has 1 aromatic carbocycles. The van der Waals surface area contributed by atoms with Crippen LogP contribution < -0.4 is 0 Å². The van der Waals surface area contributed by atoms with Crippen molar-refractivity contribution in [2.45, 2.75) is 26.4 Å². The van der Waals surface area contributed by atoms with Crippen molar-refractivity contribution < 1.29 is 18.3 Å². The van der Waals surface area contributed by atoms with E-state index in [1.807, 2.05) is 0 Å². The van der Waals surface area contributed by atoms with Crippen molar-refractivity contribution in [1.29, 1.82) is 0 Å². The molecule has 0 aromatic heterocycles. The maximum atomic E-state index is 13.2. The molecule has 2 nitrogen and oxygen atoms in total. The number of ether oxygens (including phenoxy) is 1. The topological polar surface area (TPSA) is 26.3 Å².